The van der Waals surface area contributed by atoms with E-state index in [9.17, 15) is 9.59 Å². The minimum absolute atomic E-state index is 0.0165. The minimum Gasteiger partial charge on any atom is -0.484 e. The summed E-state index contributed by atoms with van der Waals surface area (Å²) >= 11 is 7.03. The first-order valence-electron chi connectivity index (χ1n) is 7.30. The summed E-state index contributed by atoms with van der Waals surface area (Å²) in [5, 5.41) is 2.41. The topological polar surface area (TPSA) is 79.5 Å². The molecule has 0 aliphatic carbocycles. The van der Waals surface area contributed by atoms with Gasteiger partial charge in [-0.2, -0.15) is 0 Å². The molecule has 6 nitrogen and oxygen atoms in total. The predicted molar refractivity (Wildman–Crippen MR) is 107 cm³/mol. The number of nitrogens with one attached hydrogen (secondary N) is 3. The lowest BCUT2D eigenvalue weighted by Gasteiger charge is -2.12. The van der Waals surface area contributed by atoms with E-state index in [1.165, 1.54) is 0 Å². The number of carbonyl (C=O) groups is 2. The molecule has 0 aliphatic heterocycles. The Kier molecular flexibility index (Phi) is 7.14. The fourth-order valence-corrected chi connectivity index (χ4v) is 2.67. The normalized spacial score (nSPS) is 9.84. The van der Waals surface area contributed by atoms with Gasteiger partial charge in [-0.25, -0.2) is 0 Å². The smallest absolute Gasteiger partial charge is 0.270 e. The van der Waals surface area contributed by atoms with Gasteiger partial charge in [0.1, 0.15) is 5.75 Å². The van der Waals surface area contributed by atoms with Gasteiger partial charge in [-0.15, -0.1) is 0 Å². The lowest BCUT2D eigenvalue weighted by atomic mass is 10.2. The molecule has 2 aromatic carbocycles. The zero-order chi connectivity index (χ0) is 18.2. The van der Waals surface area contributed by atoms with Crippen molar-refractivity contribution in [2.75, 3.05) is 6.61 Å². The van der Waals surface area contributed by atoms with Crippen LogP contribution in [0.3, 0.4) is 0 Å². The lowest BCUT2D eigenvalue weighted by Crippen LogP contribution is -2.49. The third-order valence-corrected chi connectivity index (χ3v) is 4.17. The van der Waals surface area contributed by atoms with E-state index in [2.05, 4.69) is 38.8 Å². The summed E-state index contributed by atoms with van der Waals surface area (Å²) in [5.74, 6) is -0.180. The molecule has 2 rings (SSSR count). The number of rotatable bonds is 4. The Labute approximate surface area is 164 Å². The number of hydrogen-bond donors (Lipinski definition) is 3. The van der Waals surface area contributed by atoms with E-state index in [1.54, 1.807) is 18.2 Å². The predicted octanol–water partition coefficient (Wildman–Crippen LogP) is 2.31. The maximum atomic E-state index is 12.0. The molecule has 0 heterocycles. The number of aryl methyl sites for hydroxylation is 1. The third-order valence-electron chi connectivity index (χ3n) is 3.02. The molecule has 0 spiro atoms. The van der Waals surface area contributed by atoms with E-state index in [-0.39, 0.29) is 17.6 Å². The van der Waals surface area contributed by atoms with Gasteiger partial charge in [0.05, 0.1) is 5.56 Å². The summed E-state index contributed by atoms with van der Waals surface area (Å²) in [7, 11) is 0. The molecule has 130 valence electrons. The van der Waals surface area contributed by atoms with Crippen LogP contribution < -0.4 is 20.9 Å². The maximum Gasteiger partial charge on any atom is 0.270 e. The van der Waals surface area contributed by atoms with Crippen molar-refractivity contribution in [2.24, 2.45) is 0 Å². The Morgan fingerprint density at radius 2 is 1.88 bits per heavy atom. The van der Waals surface area contributed by atoms with Crippen molar-refractivity contribution in [2.45, 2.75) is 6.92 Å². The molecule has 3 N–H and O–H groups in total. The second-order valence-electron chi connectivity index (χ2n) is 5.04. The zero-order valence-corrected chi connectivity index (χ0v) is 16.3. The Balaban J connectivity index is 1.75. The summed E-state index contributed by atoms with van der Waals surface area (Å²) in [6, 6.07) is 14.5. The molecular weight excluding hydrogens is 453 g/mol. The standard InChI is InChI=1S/C17H16IN3O3S/c1-11-5-4-6-12(9-11)24-10-15(22)19-17(25)21-20-16(23)13-7-2-3-8-14(13)18/h2-9H,10H2,1H3,(H,20,23)(H2,19,21,22,25). The van der Waals surface area contributed by atoms with Crippen LogP contribution in [0.15, 0.2) is 48.5 Å². The number of halogens is 1. The fraction of sp³-hybridized carbons (Fsp3) is 0.118. The van der Waals surface area contributed by atoms with E-state index in [0.717, 1.165) is 9.13 Å². The largest absolute Gasteiger partial charge is 0.484 e. The van der Waals surface area contributed by atoms with Gasteiger partial charge in [-0.05, 0) is 71.6 Å². The Hall–Kier alpha value is -2.20. The summed E-state index contributed by atoms with van der Waals surface area (Å²) < 4.78 is 6.18. The molecule has 0 unspecified atom stereocenters. The van der Waals surface area contributed by atoms with E-state index in [4.69, 9.17) is 17.0 Å². The van der Waals surface area contributed by atoms with Crippen LogP contribution in [0.4, 0.5) is 0 Å². The molecule has 25 heavy (non-hydrogen) atoms. The number of hydrogen-bond acceptors (Lipinski definition) is 4. The second-order valence-corrected chi connectivity index (χ2v) is 6.61. The van der Waals surface area contributed by atoms with Crippen LogP contribution in [-0.4, -0.2) is 23.5 Å². The van der Waals surface area contributed by atoms with Gasteiger partial charge in [0.25, 0.3) is 11.8 Å². The van der Waals surface area contributed by atoms with Gasteiger partial charge in [0, 0.05) is 3.57 Å². The van der Waals surface area contributed by atoms with Crippen molar-refractivity contribution in [3.05, 3.63) is 63.2 Å². The summed E-state index contributed by atoms with van der Waals surface area (Å²) in [4.78, 5) is 23.8. The Morgan fingerprint density at radius 1 is 1.12 bits per heavy atom. The van der Waals surface area contributed by atoms with Gasteiger partial charge in [-0.1, -0.05) is 24.3 Å². The van der Waals surface area contributed by atoms with Crippen LogP contribution in [0.2, 0.25) is 0 Å². The van der Waals surface area contributed by atoms with E-state index in [1.807, 2.05) is 37.3 Å². The summed E-state index contributed by atoms with van der Waals surface area (Å²) in [5.41, 5.74) is 6.47. The highest BCUT2D eigenvalue weighted by atomic mass is 127. The van der Waals surface area contributed by atoms with E-state index in [0.29, 0.717) is 11.3 Å². The van der Waals surface area contributed by atoms with Crippen molar-refractivity contribution < 1.29 is 14.3 Å². The first-order valence-corrected chi connectivity index (χ1v) is 8.78. The maximum absolute atomic E-state index is 12.0. The second kappa shape index (κ2) is 9.33. The lowest BCUT2D eigenvalue weighted by molar-refractivity contribution is -0.121. The quantitative estimate of drug-likeness (QED) is 0.364. The molecule has 0 atom stereocenters. The van der Waals surface area contributed by atoms with E-state index < -0.39 is 5.91 Å². The number of amides is 2. The van der Waals surface area contributed by atoms with Crippen LogP contribution in [0.25, 0.3) is 0 Å². The van der Waals surface area contributed by atoms with Gasteiger partial charge >= 0.3 is 0 Å². The van der Waals surface area contributed by atoms with Crippen molar-refractivity contribution in [3.63, 3.8) is 0 Å². The van der Waals surface area contributed by atoms with Crippen molar-refractivity contribution in [1.82, 2.24) is 16.2 Å². The number of ether oxygens (including phenoxy) is 1. The molecule has 8 heteroatoms. The molecule has 0 saturated carbocycles. The van der Waals surface area contributed by atoms with Crippen LogP contribution in [-0.2, 0) is 4.79 Å². The van der Waals surface area contributed by atoms with Crippen molar-refractivity contribution in [3.8, 4) is 5.75 Å². The number of carbonyl (C=O) groups excluding carboxylic acids is 2. The van der Waals surface area contributed by atoms with Crippen LogP contribution in [0, 0.1) is 10.5 Å². The van der Waals surface area contributed by atoms with Crippen molar-refractivity contribution >= 4 is 51.7 Å². The first-order chi connectivity index (χ1) is 12.0. The van der Waals surface area contributed by atoms with Gasteiger partial charge in [-0.3, -0.25) is 25.8 Å². The highest BCUT2D eigenvalue weighted by Crippen LogP contribution is 2.12. The summed E-state index contributed by atoms with van der Waals surface area (Å²) in [6.45, 7) is 1.75. The zero-order valence-electron chi connectivity index (χ0n) is 13.3. The van der Waals surface area contributed by atoms with Crippen molar-refractivity contribution in [1.29, 1.82) is 0 Å². The van der Waals surface area contributed by atoms with E-state index >= 15 is 0 Å². The van der Waals surface area contributed by atoms with Crippen LogP contribution in [0.5, 0.6) is 5.75 Å². The van der Waals surface area contributed by atoms with Crippen LogP contribution >= 0.6 is 34.8 Å². The summed E-state index contributed by atoms with van der Waals surface area (Å²) in [6.07, 6.45) is 0. The molecule has 2 aromatic rings. The molecular formula is C17H16IN3O3S. The first kappa shape index (κ1) is 19.1. The van der Waals surface area contributed by atoms with Gasteiger partial charge in [0.2, 0.25) is 0 Å². The van der Waals surface area contributed by atoms with Crippen LogP contribution in [0.1, 0.15) is 15.9 Å². The highest BCUT2D eigenvalue weighted by Gasteiger charge is 2.10. The minimum atomic E-state index is -0.428. The molecule has 0 aromatic heterocycles. The highest BCUT2D eigenvalue weighted by molar-refractivity contribution is 14.1. The SMILES string of the molecule is Cc1cccc(OCC(=O)NC(=S)NNC(=O)c2ccccc2I)c1. The molecule has 0 fully saturated rings. The van der Waals surface area contributed by atoms with Gasteiger partial charge in [0.15, 0.2) is 11.7 Å². The number of benzene rings is 2. The number of thiocarbonyl (C=S) groups is 1. The molecule has 2 amide bonds. The molecule has 0 saturated heterocycles. The average molecular weight is 469 g/mol. The molecule has 0 bridgehead atoms. The molecule has 0 aliphatic rings. The molecule has 0 radical (unpaired) electrons. The Bertz CT molecular complexity index is 798. The third kappa shape index (κ3) is 6.31. The number of hydrazine groups is 1. The monoisotopic (exact) mass is 469 g/mol. The van der Waals surface area contributed by atoms with Gasteiger partial charge < -0.3 is 4.74 Å². The average Bonchev–Trinajstić information content (AvgIpc) is 2.58. The Morgan fingerprint density at radius 3 is 2.60 bits per heavy atom. The fourth-order valence-electron chi connectivity index (χ4n) is 1.87.